The van der Waals surface area contributed by atoms with Gasteiger partial charge in [0.1, 0.15) is 0 Å². The Kier molecular flexibility index (Phi) is 3.07. The van der Waals surface area contributed by atoms with Gasteiger partial charge in [-0.2, -0.15) is 0 Å². The Labute approximate surface area is 84.2 Å². The second-order valence-electron chi connectivity index (χ2n) is 4.58. The van der Waals surface area contributed by atoms with Gasteiger partial charge < -0.3 is 15.3 Å². The van der Waals surface area contributed by atoms with E-state index >= 15 is 0 Å². The number of aliphatic hydroxyl groups excluding tert-OH is 3. The van der Waals surface area contributed by atoms with Crippen molar-refractivity contribution in [1.29, 1.82) is 0 Å². The number of β-amino-alcohol motifs (C(OH)–C–C–N with tert-alkyl or cyclic N) is 1. The fraction of sp³-hybridized carbons (Fsp3) is 1.00. The van der Waals surface area contributed by atoms with Crippen LogP contribution in [0.2, 0.25) is 0 Å². The summed E-state index contributed by atoms with van der Waals surface area (Å²) in [6.45, 7) is 1.25. The van der Waals surface area contributed by atoms with Crippen LogP contribution in [0.5, 0.6) is 0 Å². The molecule has 14 heavy (non-hydrogen) atoms. The first-order valence-corrected chi connectivity index (χ1v) is 5.41. The van der Waals surface area contributed by atoms with Crippen LogP contribution in [0.1, 0.15) is 19.3 Å². The van der Waals surface area contributed by atoms with Gasteiger partial charge in [-0.15, -0.1) is 0 Å². The number of hydrogen-bond donors (Lipinski definition) is 3. The zero-order valence-corrected chi connectivity index (χ0v) is 8.34. The van der Waals surface area contributed by atoms with Crippen molar-refractivity contribution in [3.8, 4) is 0 Å². The molecule has 4 heteroatoms. The third kappa shape index (κ3) is 1.93. The van der Waals surface area contributed by atoms with Crippen molar-refractivity contribution in [3.05, 3.63) is 0 Å². The van der Waals surface area contributed by atoms with E-state index in [2.05, 4.69) is 4.90 Å². The summed E-state index contributed by atoms with van der Waals surface area (Å²) in [4.78, 5) is 2.21. The first-order valence-electron chi connectivity index (χ1n) is 5.41. The van der Waals surface area contributed by atoms with Crippen LogP contribution in [0.4, 0.5) is 0 Å². The van der Waals surface area contributed by atoms with Crippen molar-refractivity contribution in [2.45, 2.75) is 37.5 Å². The molecule has 1 aliphatic carbocycles. The van der Waals surface area contributed by atoms with Crippen molar-refractivity contribution < 1.29 is 15.3 Å². The monoisotopic (exact) mass is 201 g/mol. The molecule has 0 aromatic carbocycles. The normalized spacial score (nSPS) is 40.1. The van der Waals surface area contributed by atoms with E-state index in [1.54, 1.807) is 0 Å². The predicted octanol–water partition coefficient (Wildman–Crippen LogP) is -0.815. The van der Waals surface area contributed by atoms with Crippen LogP contribution in [0.25, 0.3) is 0 Å². The summed E-state index contributed by atoms with van der Waals surface area (Å²) in [6, 6.07) is 0.518. The molecule has 4 atom stereocenters. The van der Waals surface area contributed by atoms with E-state index in [0.717, 1.165) is 25.8 Å². The highest BCUT2D eigenvalue weighted by molar-refractivity contribution is 4.94. The predicted molar refractivity (Wildman–Crippen MR) is 51.8 cm³/mol. The van der Waals surface area contributed by atoms with Crippen LogP contribution in [-0.4, -0.2) is 58.2 Å². The summed E-state index contributed by atoms with van der Waals surface area (Å²) < 4.78 is 0. The van der Waals surface area contributed by atoms with E-state index in [0.29, 0.717) is 18.5 Å². The molecule has 2 bridgehead atoms. The van der Waals surface area contributed by atoms with Crippen LogP contribution >= 0.6 is 0 Å². The molecular formula is C10H19NO3. The molecule has 3 N–H and O–H groups in total. The molecule has 1 saturated carbocycles. The van der Waals surface area contributed by atoms with Gasteiger partial charge in [0.2, 0.25) is 0 Å². The molecule has 2 fully saturated rings. The molecule has 4 unspecified atom stereocenters. The van der Waals surface area contributed by atoms with E-state index in [-0.39, 0.29) is 12.7 Å². The van der Waals surface area contributed by atoms with Crippen LogP contribution in [0, 0.1) is 5.92 Å². The summed E-state index contributed by atoms with van der Waals surface area (Å²) in [5.74, 6) is 0.389. The second kappa shape index (κ2) is 4.14. The van der Waals surface area contributed by atoms with Crippen molar-refractivity contribution >= 4 is 0 Å². The van der Waals surface area contributed by atoms with Crippen LogP contribution in [-0.2, 0) is 0 Å². The minimum atomic E-state index is -0.633. The van der Waals surface area contributed by atoms with Crippen molar-refractivity contribution in [3.63, 3.8) is 0 Å². The van der Waals surface area contributed by atoms with Crippen molar-refractivity contribution in [1.82, 2.24) is 4.90 Å². The highest BCUT2D eigenvalue weighted by Gasteiger charge is 2.40. The van der Waals surface area contributed by atoms with E-state index in [1.165, 1.54) is 0 Å². The van der Waals surface area contributed by atoms with E-state index in [4.69, 9.17) is 5.11 Å². The van der Waals surface area contributed by atoms with Crippen molar-refractivity contribution in [2.24, 2.45) is 5.92 Å². The van der Waals surface area contributed by atoms with Crippen LogP contribution < -0.4 is 0 Å². The molecule has 82 valence electrons. The van der Waals surface area contributed by atoms with Gasteiger partial charge in [-0.25, -0.2) is 0 Å². The van der Waals surface area contributed by atoms with Crippen molar-refractivity contribution in [2.75, 3.05) is 19.7 Å². The maximum Gasteiger partial charge on any atom is 0.0897 e. The van der Waals surface area contributed by atoms with Gasteiger partial charge in [0.05, 0.1) is 18.8 Å². The smallest absolute Gasteiger partial charge is 0.0897 e. The number of fused-ring (bicyclic) bond motifs is 2. The Morgan fingerprint density at radius 1 is 1.36 bits per heavy atom. The minimum absolute atomic E-state index is 0.150. The number of aliphatic hydroxyl groups is 3. The fourth-order valence-electron chi connectivity index (χ4n) is 2.75. The van der Waals surface area contributed by atoms with Gasteiger partial charge >= 0.3 is 0 Å². The third-order valence-electron chi connectivity index (χ3n) is 3.56. The van der Waals surface area contributed by atoms with Gasteiger partial charge in [-0.05, 0) is 25.2 Å². The Hall–Kier alpha value is -0.160. The first-order chi connectivity index (χ1) is 6.70. The van der Waals surface area contributed by atoms with Crippen LogP contribution in [0.3, 0.4) is 0 Å². The lowest BCUT2D eigenvalue weighted by molar-refractivity contribution is 0.0546. The SMILES string of the molecule is OCC(O)CN1CC2CC1CCC2O. The molecule has 0 spiro atoms. The molecule has 1 aliphatic heterocycles. The van der Waals surface area contributed by atoms with E-state index < -0.39 is 6.10 Å². The van der Waals surface area contributed by atoms with E-state index in [1.807, 2.05) is 0 Å². The summed E-state index contributed by atoms with van der Waals surface area (Å²) in [5.41, 5.74) is 0. The zero-order valence-electron chi connectivity index (χ0n) is 8.34. The summed E-state index contributed by atoms with van der Waals surface area (Å²) in [6.07, 6.45) is 2.19. The molecule has 0 aromatic heterocycles. The second-order valence-corrected chi connectivity index (χ2v) is 4.58. The number of likely N-dealkylation sites (tertiary alicyclic amines) is 1. The Bertz CT molecular complexity index is 198. The van der Waals surface area contributed by atoms with Gasteiger partial charge in [-0.1, -0.05) is 0 Å². The lowest BCUT2D eigenvalue weighted by Gasteiger charge is -2.26. The summed E-state index contributed by atoms with van der Waals surface area (Å²) >= 11 is 0. The van der Waals surface area contributed by atoms with Gasteiger partial charge in [0, 0.05) is 19.1 Å². The fourth-order valence-corrected chi connectivity index (χ4v) is 2.75. The maximum absolute atomic E-state index is 9.67. The standard InChI is InChI=1S/C10H19NO3/c12-6-9(13)5-11-4-7-3-8(11)1-2-10(7)14/h7-10,12-14H,1-6H2. The average molecular weight is 201 g/mol. The number of hydrogen-bond acceptors (Lipinski definition) is 4. The molecule has 0 aromatic rings. The molecule has 0 amide bonds. The molecule has 4 nitrogen and oxygen atoms in total. The lowest BCUT2D eigenvalue weighted by atomic mass is 9.88. The zero-order chi connectivity index (χ0) is 10.1. The first kappa shape index (κ1) is 10.4. The number of rotatable bonds is 3. The Morgan fingerprint density at radius 2 is 2.14 bits per heavy atom. The lowest BCUT2D eigenvalue weighted by Crippen LogP contribution is -2.37. The summed E-state index contributed by atoms with van der Waals surface area (Å²) in [7, 11) is 0. The minimum Gasteiger partial charge on any atom is -0.394 e. The Morgan fingerprint density at radius 3 is 2.79 bits per heavy atom. The quantitative estimate of drug-likeness (QED) is 0.558. The van der Waals surface area contributed by atoms with Gasteiger partial charge in [-0.3, -0.25) is 4.90 Å². The van der Waals surface area contributed by atoms with Gasteiger partial charge in [0.15, 0.2) is 0 Å². The molecule has 1 heterocycles. The van der Waals surface area contributed by atoms with E-state index in [9.17, 15) is 10.2 Å². The molecule has 2 rings (SSSR count). The topological polar surface area (TPSA) is 63.9 Å². The Balaban J connectivity index is 1.90. The molecule has 0 radical (unpaired) electrons. The summed E-state index contributed by atoms with van der Waals surface area (Å²) in [5, 5.41) is 27.8. The number of nitrogens with zero attached hydrogens (tertiary/aromatic N) is 1. The molecule has 1 saturated heterocycles. The van der Waals surface area contributed by atoms with Gasteiger partial charge in [0.25, 0.3) is 0 Å². The highest BCUT2D eigenvalue weighted by Crippen LogP contribution is 2.35. The largest absolute Gasteiger partial charge is 0.394 e. The highest BCUT2D eigenvalue weighted by atomic mass is 16.3. The molecule has 2 aliphatic rings. The molecular weight excluding hydrogens is 182 g/mol. The average Bonchev–Trinajstić information content (AvgIpc) is 2.51. The third-order valence-corrected chi connectivity index (χ3v) is 3.56. The van der Waals surface area contributed by atoms with Crippen LogP contribution in [0.15, 0.2) is 0 Å². The maximum atomic E-state index is 9.67.